The summed E-state index contributed by atoms with van der Waals surface area (Å²) in [5.74, 6) is 0.872. The van der Waals surface area contributed by atoms with Crippen molar-refractivity contribution in [3.63, 3.8) is 0 Å². The van der Waals surface area contributed by atoms with E-state index >= 15 is 0 Å². The highest BCUT2D eigenvalue weighted by atomic mass is 16.6. The second kappa shape index (κ2) is 6.65. The summed E-state index contributed by atoms with van der Waals surface area (Å²) in [5.41, 5.74) is 0.680. The molecule has 2 aromatic rings. The maximum absolute atomic E-state index is 12.0. The van der Waals surface area contributed by atoms with Crippen LogP contribution >= 0.6 is 0 Å². The Morgan fingerprint density at radius 2 is 2.04 bits per heavy atom. The fraction of sp³-hybridized carbons (Fsp3) is 0.444. The van der Waals surface area contributed by atoms with Crippen molar-refractivity contribution in [3.05, 3.63) is 54.1 Å². The first kappa shape index (κ1) is 16.5. The topological polar surface area (TPSA) is 70.2 Å². The number of H-pyrrole nitrogens is 1. The number of benzene rings is 1. The number of aromatic nitrogens is 2. The molecule has 1 saturated heterocycles. The Kier molecular flexibility index (Phi) is 4.57. The van der Waals surface area contributed by atoms with Crippen molar-refractivity contribution in [2.45, 2.75) is 38.5 Å². The SMILES string of the molecule is CC(C)(C)OC(=O)N1CC(N[C@@H](c2ccccc2)c2ncc[nH]2)C1. The highest BCUT2D eigenvalue weighted by Crippen LogP contribution is 2.22. The Bertz CT molecular complexity index is 658. The highest BCUT2D eigenvalue weighted by Gasteiger charge is 2.35. The number of rotatable bonds is 4. The van der Waals surface area contributed by atoms with Crippen LogP contribution in [0.1, 0.15) is 38.2 Å². The summed E-state index contributed by atoms with van der Waals surface area (Å²) in [4.78, 5) is 21.3. The van der Waals surface area contributed by atoms with Crippen LogP contribution in [0.5, 0.6) is 0 Å². The van der Waals surface area contributed by atoms with E-state index in [4.69, 9.17) is 4.74 Å². The van der Waals surface area contributed by atoms with Gasteiger partial charge in [-0.2, -0.15) is 0 Å². The second-order valence-electron chi connectivity index (χ2n) is 7.07. The van der Waals surface area contributed by atoms with E-state index in [-0.39, 0.29) is 18.2 Å². The lowest BCUT2D eigenvalue weighted by molar-refractivity contribution is 0.00452. The summed E-state index contributed by atoms with van der Waals surface area (Å²) in [6.07, 6.45) is 3.32. The van der Waals surface area contributed by atoms with Crippen molar-refractivity contribution in [3.8, 4) is 0 Å². The minimum atomic E-state index is -0.462. The molecule has 1 amide bonds. The molecule has 0 bridgehead atoms. The van der Waals surface area contributed by atoms with E-state index in [1.54, 1.807) is 11.1 Å². The van der Waals surface area contributed by atoms with Gasteiger partial charge in [0.1, 0.15) is 11.4 Å². The van der Waals surface area contributed by atoms with E-state index in [0.717, 1.165) is 11.4 Å². The number of hydrogen-bond acceptors (Lipinski definition) is 4. The molecule has 0 spiro atoms. The summed E-state index contributed by atoms with van der Waals surface area (Å²) in [5, 5.41) is 3.58. The first-order valence-electron chi connectivity index (χ1n) is 8.20. The van der Waals surface area contributed by atoms with Gasteiger partial charge < -0.3 is 14.6 Å². The average molecular weight is 328 g/mol. The molecule has 0 aliphatic carbocycles. The van der Waals surface area contributed by atoms with Crippen LogP contribution in [0.2, 0.25) is 0 Å². The molecule has 6 heteroatoms. The molecule has 128 valence electrons. The third-order valence-electron chi connectivity index (χ3n) is 3.86. The lowest BCUT2D eigenvalue weighted by Gasteiger charge is -2.41. The van der Waals surface area contributed by atoms with E-state index in [2.05, 4.69) is 27.4 Å². The lowest BCUT2D eigenvalue weighted by Crippen LogP contribution is -2.61. The molecule has 0 radical (unpaired) electrons. The van der Waals surface area contributed by atoms with Crippen molar-refractivity contribution in [2.24, 2.45) is 0 Å². The van der Waals surface area contributed by atoms with E-state index < -0.39 is 5.60 Å². The molecule has 1 aliphatic rings. The van der Waals surface area contributed by atoms with E-state index in [9.17, 15) is 4.79 Å². The van der Waals surface area contributed by atoms with Crippen LogP contribution in [0.4, 0.5) is 4.79 Å². The summed E-state index contributed by atoms with van der Waals surface area (Å²) in [6.45, 7) is 6.91. The smallest absolute Gasteiger partial charge is 0.410 e. The fourth-order valence-electron chi connectivity index (χ4n) is 2.71. The van der Waals surface area contributed by atoms with E-state index in [1.165, 1.54) is 0 Å². The lowest BCUT2D eigenvalue weighted by atomic mass is 10.0. The van der Waals surface area contributed by atoms with Crippen molar-refractivity contribution in [2.75, 3.05) is 13.1 Å². The molecule has 1 fully saturated rings. The van der Waals surface area contributed by atoms with Gasteiger partial charge in [0.15, 0.2) is 0 Å². The van der Waals surface area contributed by atoms with E-state index in [1.807, 2.05) is 45.2 Å². The molecule has 0 saturated carbocycles. The molecule has 0 unspecified atom stereocenters. The number of nitrogens with one attached hydrogen (secondary N) is 2. The average Bonchev–Trinajstić information content (AvgIpc) is 2.99. The second-order valence-corrected chi connectivity index (χ2v) is 7.07. The summed E-state index contributed by atoms with van der Waals surface area (Å²) < 4.78 is 5.39. The van der Waals surface area contributed by atoms with Crippen LogP contribution in [-0.2, 0) is 4.74 Å². The number of aromatic amines is 1. The van der Waals surface area contributed by atoms with Gasteiger partial charge in [-0.15, -0.1) is 0 Å². The van der Waals surface area contributed by atoms with Crippen molar-refractivity contribution < 1.29 is 9.53 Å². The summed E-state index contributed by atoms with van der Waals surface area (Å²) >= 11 is 0. The third kappa shape index (κ3) is 3.94. The quantitative estimate of drug-likeness (QED) is 0.905. The summed E-state index contributed by atoms with van der Waals surface area (Å²) in [7, 11) is 0. The Balaban J connectivity index is 1.61. The van der Waals surface area contributed by atoms with E-state index in [0.29, 0.717) is 13.1 Å². The van der Waals surface area contributed by atoms with Gasteiger partial charge in [-0.05, 0) is 26.3 Å². The number of hydrogen-bond donors (Lipinski definition) is 2. The Morgan fingerprint density at radius 1 is 1.33 bits per heavy atom. The van der Waals surface area contributed by atoms with Crippen LogP contribution in [0, 0.1) is 0 Å². The largest absolute Gasteiger partial charge is 0.444 e. The number of imidazole rings is 1. The van der Waals surface area contributed by atoms with Crippen LogP contribution in [0.25, 0.3) is 0 Å². The Hall–Kier alpha value is -2.34. The first-order chi connectivity index (χ1) is 11.4. The van der Waals surface area contributed by atoms with Crippen LogP contribution in [0.3, 0.4) is 0 Å². The number of carbonyl (C=O) groups excluding carboxylic acids is 1. The van der Waals surface area contributed by atoms with Crippen LogP contribution in [0.15, 0.2) is 42.7 Å². The van der Waals surface area contributed by atoms with Gasteiger partial charge in [-0.1, -0.05) is 30.3 Å². The molecule has 24 heavy (non-hydrogen) atoms. The highest BCUT2D eigenvalue weighted by molar-refractivity contribution is 5.69. The van der Waals surface area contributed by atoms with Crippen molar-refractivity contribution >= 4 is 6.09 Å². The van der Waals surface area contributed by atoms with Crippen molar-refractivity contribution in [1.29, 1.82) is 0 Å². The minimum Gasteiger partial charge on any atom is -0.444 e. The maximum atomic E-state index is 12.0. The summed E-state index contributed by atoms with van der Waals surface area (Å²) in [6, 6.07) is 10.4. The van der Waals surface area contributed by atoms with Gasteiger partial charge in [0.05, 0.1) is 6.04 Å². The molecule has 1 aromatic heterocycles. The first-order valence-corrected chi connectivity index (χ1v) is 8.20. The van der Waals surface area contributed by atoms with Gasteiger partial charge in [-0.25, -0.2) is 9.78 Å². The maximum Gasteiger partial charge on any atom is 0.410 e. The molecule has 2 heterocycles. The molecular weight excluding hydrogens is 304 g/mol. The van der Waals surface area contributed by atoms with Crippen LogP contribution in [-0.4, -0.2) is 45.7 Å². The zero-order valence-corrected chi connectivity index (χ0v) is 14.3. The van der Waals surface area contributed by atoms with Gasteiger partial charge >= 0.3 is 6.09 Å². The third-order valence-corrected chi connectivity index (χ3v) is 3.86. The molecular formula is C18H24N4O2. The normalized spacial score (nSPS) is 16.5. The molecule has 1 aliphatic heterocycles. The molecule has 1 atom stereocenters. The van der Waals surface area contributed by atoms with Gasteiger partial charge in [0.25, 0.3) is 0 Å². The number of carbonyl (C=O) groups is 1. The predicted octanol–water partition coefficient (Wildman–Crippen LogP) is 2.71. The zero-order chi connectivity index (χ0) is 17.2. The molecule has 1 aromatic carbocycles. The molecule has 2 N–H and O–H groups in total. The number of nitrogens with zero attached hydrogens (tertiary/aromatic N) is 2. The Morgan fingerprint density at radius 3 is 2.62 bits per heavy atom. The van der Waals surface area contributed by atoms with Gasteiger partial charge in [0.2, 0.25) is 0 Å². The van der Waals surface area contributed by atoms with Crippen molar-refractivity contribution in [1.82, 2.24) is 20.2 Å². The number of amides is 1. The number of ether oxygens (including phenoxy) is 1. The monoisotopic (exact) mass is 328 g/mol. The fourth-order valence-corrected chi connectivity index (χ4v) is 2.71. The minimum absolute atomic E-state index is 0.0213. The Labute approximate surface area is 142 Å². The zero-order valence-electron chi connectivity index (χ0n) is 14.3. The van der Waals surface area contributed by atoms with Gasteiger partial charge in [-0.3, -0.25) is 5.32 Å². The van der Waals surface area contributed by atoms with Gasteiger partial charge in [0, 0.05) is 31.5 Å². The molecule has 3 rings (SSSR count). The van der Waals surface area contributed by atoms with Crippen LogP contribution < -0.4 is 5.32 Å². The number of likely N-dealkylation sites (tertiary alicyclic amines) is 1. The molecule has 6 nitrogen and oxygen atoms in total. The standard InChI is InChI=1S/C18H24N4O2/c1-18(2,3)24-17(23)22-11-14(12-22)21-15(16-19-9-10-20-16)13-7-5-4-6-8-13/h4-10,14-15,21H,11-12H2,1-3H3,(H,19,20)/t15-/m0/s1. The predicted molar refractivity (Wildman–Crippen MR) is 91.6 cm³/mol.